The fourth-order valence-electron chi connectivity index (χ4n) is 1.64. The summed E-state index contributed by atoms with van der Waals surface area (Å²) < 4.78 is 0. The highest BCUT2D eigenvalue weighted by Crippen LogP contribution is 2.10. The van der Waals surface area contributed by atoms with Crippen molar-refractivity contribution in [3.05, 3.63) is 53.9 Å². The van der Waals surface area contributed by atoms with Gasteiger partial charge in [-0.25, -0.2) is 0 Å². The molecule has 0 bridgehead atoms. The number of amides is 1. The van der Waals surface area contributed by atoms with Crippen LogP contribution in [0.1, 0.15) is 15.9 Å². The first-order valence-electron chi connectivity index (χ1n) is 5.85. The smallest absolute Gasteiger partial charge is 0.252 e. The Morgan fingerprint density at radius 2 is 1.84 bits per heavy atom. The number of nitrogens with zero attached hydrogens (tertiary/aromatic N) is 1. The predicted octanol–water partition coefficient (Wildman–Crippen LogP) is 1.47. The van der Waals surface area contributed by atoms with Crippen molar-refractivity contribution in [1.82, 2.24) is 10.3 Å². The number of phenolic OH excluding ortho intramolecular Hbond substituents is 1. The molecular weight excluding hydrogens is 244 g/mol. The van der Waals surface area contributed by atoms with Crippen LogP contribution in [0.2, 0.25) is 0 Å². The first kappa shape index (κ1) is 12.9. The van der Waals surface area contributed by atoms with Crippen molar-refractivity contribution >= 4 is 5.91 Å². The van der Waals surface area contributed by atoms with Crippen LogP contribution in [0.3, 0.4) is 0 Å². The van der Waals surface area contributed by atoms with Crippen molar-refractivity contribution in [2.75, 3.05) is 6.54 Å². The van der Waals surface area contributed by atoms with Gasteiger partial charge in [-0.1, -0.05) is 12.1 Å². The van der Waals surface area contributed by atoms with Crippen LogP contribution in [0.4, 0.5) is 0 Å². The zero-order valence-corrected chi connectivity index (χ0v) is 10.2. The molecule has 1 aromatic carbocycles. The summed E-state index contributed by atoms with van der Waals surface area (Å²) in [6.07, 6.45) is 3.33. The lowest BCUT2D eigenvalue weighted by Gasteiger charge is -2.05. The zero-order chi connectivity index (χ0) is 13.7. The van der Waals surface area contributed by atoms with Crippen molar-refractivity contribution in [2.45, 2.75) is 6.42 Å². The standard InChI is InChI=1S/C14H14N2O3/c17-12-3-1-10(2-4-12)5-6-16-14(19)11-7-13(18)9-15-8-11/h1-4,7-9,17-18H,5-6H2,(H,16,19). The number of carbonyl (C=O) groups is 1. The maximum absolute atomic E-state index is 11.7. The maximum Gasteiger partial charge on any atom is 0.252 e. The molecule has 5 nitrogen and oxygen atoms in total. The van der Waals surface area contributed by atoms with Gasteiger partial charge in [0.15, 0.2) is 0 Å². The molecule has 2 rings (SSSR count). The second-order valence-electron chi connectivity index (χ2n) is 4.10. The summed E-state index contributed by atoms with van der Waals surface area (Å²) in [4.78, 5) is 15.5. The fraction of sp³-hybridized carbons (Fsp3) is 0.143. The van der Waals surface area contributed by atoms with Crippen molar-refractivity contribution in [2.24, 2.45) is 0 Å². The van der Waals surface area contributed by atoms with Crippen LogP contribution in [0, 0.1) is 0 Å². The third-order valence-corrected chi connectivity index (χ3v) is 2.62. The summed E-state index contributed by atoms with van der Waals surface area (Å²) in [5, 5.41) is 21.1. The van der Waals surface area contributed by atoms with Gasteiger partial charge in [0.25, 0.3) is 5.91 Å². The summed E-state index contributed by atoms with van der Waals surface area (Å²) in [6.45, 7) is 0.471. The van der Waals surface area contributed by atoms with E-state index < -0.39 is 0 Å². The number of nitrogens with one attached hydrogen (secondary N) is 1. The number of aromatic hydroxyl groups is 2. The lowest BCUT2D eigenvalue weighted by Crippen LogP contribution is -2.25. The summed E-state index contributed by atoms with van der Waals surface area (Å²) in [7, 11) is 0. The van der Waals surface area contributed by atoms with Crippen molar-refractivity contribution in [1.29, 1.82) is 0 Å². The van der Waals surface area contributed by atoms with Gasteiger partial charge in [0, 0.05) is 12.7 Å². The van der Waals surface area contributed by atoms with Gasteiger partial charge in [0.05, 0.1) is 11.8 Å². The molecule has 0 saturated carbocycles. The van der Waals surface area contributed by atoms with Crippen LogP contribution in [-0.2, 0) is 6.42 Å². The van der Waals surface area contributed by atoms with Gasteiger partial charge < -0.3 is 15.5 Å². The van der Waals surface area contributed by atoms with Gasteiger partial charge in [-0.15, -0.1) is 0 Å². The fourth-order valence-corrected chi connectivity index (χ4v) is 1.64. The van der Waals surface area contributed by atoms with Crippen LogP contribution < -0.4 is 5.32 Å². The molecule has 0 saturated heterocycles. The number of benzene rings is 1. The molecule has 1 aromatic heterocycles. The highest BCUT2D eigenvalue weighted by atomic mass is 16.3. The lowest BCUT2D eigenvalue weighted by molar-refractivity contribution is 0.0953. The average Bonchev–Trinajstić information content (AvgIpc) is 2.41. The quantitative estimate of drug-likeness (QED) is 0.775. The highest BCUT2D eigenvalue weighted by molar-refractivity contribution is 5.94. The number of hydrogen-bond acceptors (Lipinski definition) is 4. The molecular formula is C14H14N2O3. The molecule has 1 heterocycles. The second kappa shape index (κ2) is 5.86. The maximum atomic E-state index is 11.7. The molecule has 3 N–H and O–H groups in total. The topological polar surface area (TPSA) is 82.5 Å². The van der Waals surface area contributed by atoms with E-state index in [1.54, 1.807) is 24.3 Å². The van der Waals surface area contributed by atoms with Gasteiger partial charge in [-0.3, -0.25) is 9.78 Å². The van der Waals surface area contributed by atoms with Gasteiger partial charge in [-0.05, 0) is 30.2 Å². The SMILES string of the molecule is O=C(NCCc1ccc(O)cc1)c1cncc(O)c1. The van der Waals surface area contributed by atoms with Crippen LogP contribution >= 0.6 is 0 Å². The number of rotatable bonds is 4. The highest BCUT2D eigenvalue weighted by Gasteiger charge is 2.06. The predicted molar refractivity (Wildman–Crippen MR) is 70.0 cm³/mol. The third kappa shape index (κ3) is 3.70. The van der Waals surface area contributed by atoms with Gasteiger partial charge in [-0.2, -0.15) is 0 Å². The molecule has 0 fully saturated rings. The van der Waals surface area contributed by atoms with Crippen LogP contribution in [-0.4, -0.2) is 27.6 Å². The minimum atomic E-state index is -0.276. The van der Waals surface area contributed by atoms with Crippen LogP contribution in [0.15, 0.2) is 42.7 Å². The first-order valence-corrected chi connectivity index (χ1v) is 5.85. The first-order chi connectivity index (χ1) is 9.15. The molecule has 98 valence electrons. The molecule has 0 radical (unpaired) electrons. The summed E-state index contributed by atoms with van der Waals surface area (Å²) in [6, 6.07) is 8.18. The van der Waals surface area contributed by atoms with Crippen LogP contribution in [0.25, 0.3) is 0 Å². The number of aromatic nitrogens is 1. The van der Waals surface area contributed by atoms with Crippen molar-refractivity contribution in [3.63, 3.8) is 0 Å². The molecule has 5 heteroatoms. The number of hydrogen-bond donors (Lipinski definition) is 3. The molecule has 0 spiro atoms. The number of pyridine rings is 1. The molecule has 0 atom stereocenters. The van der Waals surface area contributed by atoms with Gasteiger partial charge in [0.1, 0.15) is 11.5 Å². The van der Waals surface area contributed by atoms with Crippen molar-refractivity contribution in [3.8, 4) is 11.5 Å². The minimum absolute atomic E-state index is 0.0359. The van der Waals surface area contributed by atoms with E-state index in [0.717, 1.165) is 5.56 Å². The Kier molecular flexibility index (Phi) is 3.97. The Morgan fingerprint density at radius 3 is 2.53 bits per heavy atom. The molecule has 0 aliphatic rings. The summed E-state index contributed by atoms with van der Waals surface area (Å²) in [5.74, 6) is -0.0908. The normalized spacial score (nSPS) is 10.1. The van der Waals surface area contributed by atoms with E-state index in [1.165, 1.54) is 18.5 Å². The third-order valence-electron chi connectivity index (χ3n) is 2.62. The zero-order valence-electron chi connectivity index (χ0n) is 10.2. The Hall–Kier alpha value is -2.56. The van der Waals surface area contributed by atoms with E-state index in [0.29, 0.717) is 18.5 Å². The Morgan fingerprint density at radius 1 is 1.11 bits per heavy atom. The van der Waals surface area contributed by atoms with Gasteiger partial charge in [0.2, 0.25) is 0 Å². The van der Waals surface area contributed by atoms with E-state index >= 15 is 0 Å². The number of phenols is 1. The summed E-state index contributed by atoms with van der Waals surface area (Å²) >= 11 is 0. The van der Waals surface area contributed by atoms with Crippen LogP contribution in [0.5, 0.6) is 11.5 Å². The Bertz CT molecular complexity index is 567. The Labute approximate surface area is 110 Å². The largest absolute Gasteiger partial charge is 0.508 e. The lowest BCUT2D eigenvalue weighted by atomic mass is 10.1. The minimum Gasteiger partial charge on any atom is -0.508 e. The average molecular weight is 258 g/mol. The Balaban J connectivity index is 1.86. The van der Waals surface area contributed by atoms with E-state index in [4.69, 9.17) is 5.11 Å². The second-order valence-corrected chi connectivity index (χ2v) is 4.10. The molecule has 1 amide bonds. The molecule has 19 heavy (non-hydrogen) atoms. The summed E-state index contributed by atoms with van der Waals surface area (Å²) in [5.41, 5.74) is 1.35. The molecule has 0 unspecified atom stereocenters. The van der Waals surface area contributed by atoms with E-state index in [2.05, 4.69) is 10.3 Å². The monoisotopic (exact) mass is 258 g/mol. The molecule has 0 aliphatic heterocycles. The molecule has 0 aliphatic carbocycles. The van der Waals surface area contributed by atoms with Gasteiger partial charge >= 0.3 is 0 Å². The van der Waals surface area contributed by atoms with E-state index in [-0.39, 0.29) is 17.4 Å². The van der Waals surface area contributed by atoms with E-state index in [1.807, 2.05) is 0 Å². The van der Waals surface area contributed by atoms with E-state index in [9.17, 15) is 9.90 Å². The molecule has 2 aromatic rings. The number of carbonyl (C=O) groups excluding carboxylic acids is 1. The van der Waals surface area contributed by atoms with Crippen molar-refractivity contribution < 1.29 is 15.0 Å².